The van der Waals surface area contributed by atoms with Crippen molar-refractivity contribution in [3.05, 3.63) is 0 Å². The van der Waals surface area contributed by atoms with Crippen molar-refractivity contribution in [2.45, 2.75) is 158 Å². The summed E-state index contributed by atoms with van der Waals surface area (Å²) in [6, 6.07) is 0. The van der Waals surface area contributed by atoms with Crippen LogP contribution in [0, 0.1) is 52.3 Å². The van der Waals surface area contributed by atoms with Crippen molar-refractivity contribution >= 4 is 11.9 Å². The number of rotatable bonds is 8. The van der Waals surface area contributed by atoms with Crippen LogP contribution in [0.2, 0.25) is 0 Å². The standard InChI is InChI=1S/C44H62F8O10/c1-26-8-30-13-31(15-34(14-30)56-23-42(47,48)41(45,46)22-55-26)35(53)57-18-39(19-58-36(59-20-39)32-10-27-4-2-5-28(9-27)11-32)21-62-38(54)40-7-3-6-29(16-40)12-33(17-40)37-60-24-43(49,50)44(51,52)25-61-37/h26-34,36-37H,2-25H2,1H3. The smallest absolute Gasteiger partial charge is 0.335 e. The largest absolute Gasteiger partial charge is 0.465 e. The normalized spacial score (nSPS) is 43.2. The van der Waals surface area contributed by atoms with Gasteiger partial charge in [0.25, 0.3) is 0 Å². The molecule has 5 aliphatic carbocycles. The zero-order chi connectivity index (χ0) is 44.1. The van der Waals surface area contributed by atoms with Crippen LogP contribution >= 0.6 is 0 Å². The van der Waals surface area contributed by atoms with Gasteiger partial charge in [-0.25, -0.2) is 0 Å². The highest BCUT2D eigenvalue weighted by Crippen LogP contribution is 2.54. The quantitative estimate of drug-likeness (QED) is 0.173. The van der Waals surface area contributed by atoms with E-state index in [4.69, 9.17) is 37.9 Å². The van der Waals surface area contributed by atoms with Crippen LogP contribution in [-0.4, -0.2) is 113 Å². The fourth-order valence-electron chi connectivity index (χ4n) is 12.2. The van der Waals surface area contributed by atoms with E-state index in [0.717, 1.165) is 19.3 Å². The summed E-state index contributed by atoms with van der Waals surface area (Å²) in [5.41, 5.74) is -2.20. The third kappa shape index (κ3) is 10.1. The highest BCUT2D eigenvalue weighted by Gasteiger charge is 2.61. The topological polar surface area (TPSA) is 108 Å². The lowest BCUT2D eigenvalue weighted by atomic mass is 9.58. The fourth-order valence-corrected chi connectivity index (χ4v) is 12.2. The van der Waals surface area contributed by atoms with Crippen LogP contribution in [0.5, 0.6) is 0 Å². The monoisotopic (exact) mass is 902 g/mol. The number of carbonyl (C=O) groups excluding carboxylic acids is 2. The van der Waals surface area contributed by atoms with Crippen molar-refractivity contribution in [3.8, 4) is 0 Å². The second kappa shape index (κ2) is 18.1. The summed E-state index contributed by atoms with van der Waals surface area (Å²) < 4.78 is 161. The highest BCUT2D eigenvalue weighted by molar-refractivity contribution is 5.77. The molecule has 6 bridgehead atoms. The molecule has 0 aromatic heterocycles. The zero-order valence-corrected chi connectivity index (χ0v) is 35.4. The maximum atomic E-state index is 14.6. The Kier molecular flexibility index (Phi) is 13.6. The third-order valence-electron chi connectivity index (χ3n) is 15.5. The number of hydrogen-bond donors (Lipinski definition) is 0. The van der Waals surface area contributed by atoms with Crippen LogP contribution in [-0.2, 0) is 47.5 Å². The van der Waals surface area contributed by atoms with Gasteiger partial charge in [-0.05, 0) is 101 Å². The first kappa shape index (κ1) is 46.7. The van der Waals surface area contributed by atoms with Crippen LogP contribution in [0.1, 0.15) is 110 Å². The first-order chi connectivity index (χ1) is 29.2. The van der Waals surface area contributed by atoms with E-state index in [1.165, 1.54) is 32.6 Å². The molecule has 0 N–H and O–H groups in total. The first-order valence-electron chi connectivity index (χ1n) is 22.8. The summed E-state index contributed by atoms with van der Waals surface area (Å²) in [6.07, 6.45) is 6.95. The van der Waals surface area contributed by atoms with Gasteiger partial charge in [0.2, 0.25) is 0 Å². The van der Waals surface area contributed by atoms with E-state index in [1.54, 1.807) is 0 Å². The molecule has 5 saturated carbocycles. The van der Waals surface area contributed by atoms with Gasteiger partial charge in [0.15, 0.2) is 12.6 Å². The number of hydrogen-bond acceptors (Lipinski definition) is 10. The Labute approximate surface area is 357 Å². The Balaban J connectivity index is 0.949. The van der Waals surface area contributed by atoms with Crippen LogP contribution in [0.25, 0.3) is 0 Å². The second-order valence-electron chi connectivity index (χ2n) is 20.6. The molecule has 0 aromatic rings. The summed E-state index contributed by atoms with van der Waals surface area (Å²) in [6.45, 7) is -4.94. The van der Waals surface area contributed by atoms with Gasteiger partial charge in [0.05, 0.1) is 42.2 Å². The van der Waals surface area contributed by atoms with Gasteiger partial charge in [-0.15, -0.1) is 0 Å². The molecule has 3 heterocycles. The molecule has 9 unspecified atom stereocenters. The number of alkyl halides is 8. The summed E-state index contributed by atoms with van der Waals surface area (Å²) in [5, 5.41) is 0. The van der Waals surface area contributed by atoms with E-state index in [2.05, 4.69) is 0 Å². The fraction of sp³-hybridized carbons (Fsp3) is 0.955. The lowest BCUT2D eigenvalue weighted by molar-refractivity contribution is -0.272. The van der Waals surface area contributed by atoms with Crippen molar-refractivity contribution < 1.29 is 82.6 Å². The number of carbonyl (C=O) groups is 2. The minimum absolute atomic E-state index is 0.0120. The lowest BCUT2D eigenvalue weighted by Gasteiger charge is -2.48. The molecule has 3 aliphatic heterocycles. The SMILES string of the molecule is CC1CC2CC(CC(C(=O)OCC3(COC(=O)C45CCCC(CC(C6OCC(F)(F)C(F)(F)CO6)C4)C5)COC(C4CC5CCCC(C5)C4)OC3)C2)OCC(F)(F)C(F)(F)CO1. The molecule has 8 rings (SSSR count). The number of fused-ring (bicyclic) bond motifs is 6. The van der Waals surface area contributed by atoms with E-state index in [1.807, 2.05) is 0 Å². The Morgan fingerprint density at radius 2 is 1.08 bits per heavy atom. The van der Waals surface area contributed by atoms with Crippen LogP contribution in [0.4, 0.5) is 35.1 Å². The molecule has 10 nitrogen and oxygen atoms in total. The van der Waals surface area contributed by atoms with Crippen molar-refractivity contribution in [1.29, 1.82) is 0 Å². The summed E-state index contributed by atoms with van der Waals surface area (Å²) >= 11 is 0. The van der Waals surface area contributed by atoms with Gasteiger partial charge in [-0.3, -0.25) is 9.59 Å². The first-order valence-corrected chi connectivity index (χ1v) is 22.8. The van der Waals surface area contributed by atoms with Crippen LogP contribution < -0.4 is 0 Å². The molecule has 3 saturated heterocycles. The number of ether oxygens (including phenoxy) is 8. The van der Waals surface area contributed by atoms with E-state index in [0.29, 0.717) is 43.9 Å². The van der Waals surface area contributed by atoms with E-state index in [9.17, 15) is 44.7 Å². The van der Waals surface area contributed by atoms with Gasteiger partial charge in [-0.2, -0.15) is 35.1 Å². The van der Waals surface area contributed by atoms with Gasteiger partial charge < -0.3 is 37.9 Å². The Morgan fingerprint density at radius 1 is 0.532 bits per heavy atom. The second-order valence-corrected chi connectivity index (χ2v) is 20.6. The average molecular weight is 903 g/mol. The molecule has 0 amide bonds. The average Bonchev–Trinajstić information content (AvgIpc) is 3.33. The third-order valence-corrected chi connectivity index (χ3v) is 15.5. The van der Waals surface area contributed by atoms with Crippen LogP contribution in [0.15, 0.2) is 0 Å². The zero-order valence-electron chi connectivity index (χ0n) is 35.4. The number of halogens is 8. The molecule has 0 aromatic carbocycles. The molecule has 8 fully saturated rings. The van der Waals surface area contributed by atoms with Crippen molar-refractivity contribution in [2.75, 3.05) is 52.9 Å². The maximum absolute atomic E-state index is 14.6. The Hall–Kier alpha value is -1.86. The Morgan fingerprint density at radius 3 is 1.74 bits per heavy atom. The lowest BCUT2D eigenvalue weighted by Crippen LogP contribution is -2.52. The molecule has 62 heavy (non-hydrogen) atoms. The molecular weight excluding hydrogens is 840 g/mol. The molecule has 354 valence electrons. The Bertz CT molecular complexity index is 1550. The minimum Gasteiger partial charge on any atom is -0.465 e. The van der Waals surface area contributed by atoms with Crippen molar-refractivity contribution in [1.82, 2.24) is 0 Å². The molecule has 8 aliphatic rings. The van der Waals surface area contributed by atoms with Gasteiger partial charge >= 0.3 is 35.6 Å². The minimum atomic E-state index is -4.48. The molecule has 18 heteroatoms. The van der Waals surface area contributed by atoms with Crippen LogP contribution in [0.3, 0.4) is 0 Å². The molecule has 0 spiro atoms. The van der Waals surface area contributed by atoms with Crippen molar-refractivity contribution in [3.63, 3.8) is 0 Å². The molecule has 0 radical (unpaired) electrons. The summed E-state index contributed by atoms with van der Waals surface area (Å²) in [4.78, 5) is 28.2. The predicted octanol–water partition coefficient (Wildman–Crippen LogP) is 8.76. The van der Waals surface area contributed by atoms with Gasteiger partial charge in [0, 0.05) is 11.8 Å². The summed E-state index contributed by atoms with van der Waals surface area (Å²) in [5.74, 6) is -19.2. The maximum Gasteiger partial charge on any atom is 0.335 e. The van der Waals surface area contributed by atoms with Gasteiger partial charge in [0.1, 0.15) is 39.6 Å². The summed E-state index contributed by atoms with van der Waals surface area (Å²) in [7, 11) is 0. The van der Waals surface area contributed by atoms with E-state index in [-0.39, 0.29) is 69.9 Å². The number of esters is 2. The molecular formula is C44H62F8O10. The predicted molar refractivity (Wildman–Crippen MR) is 201 cm³/mol. The van der Waals surface area contributed by atoms with E-state index < -0.39 is 110 Å². The highest BCUT2D eigenvalue weighted by atomic mass is 19.3. The van der Waals surface area contributed by atoms with Crippen molar-refractivity contribution in [2.24, 2.45) is 52.3 Å². The van der Waals surface area contributed by atoms with Gasteiger partial charge in [-0.1, -0.05) is 32.1 Å². The molecule has 9 atom stereocenters. The van der Waals surface area contributed by atoms with E-state index >= 15 is 0 Å².